The van der Waals surface area contributed by atoms with Crippen LogP contribution < -0.4 is 10.2 Å². The predicted octanol–water partition coefficient (Wildman–Crippen LogP) is 3.56. The lowest BCUT2D eigenvalue weighted by molar-refractivity contribution is 0.446. The first-order valence-electron chi connectivity index (χ1n) is 7.23. The highest BCUT2D eigenvalue weighted by Gasteiger charge is 2.04. The summed E-state index contributed by atoms with van der Waals surface area (Å²) in [6.07, 6.45) is 0. The molecule has 0 aliphatic heterocycles. The molecule has 0 spiro atoms. The summed E-state index contributed by atoms with van der Waals surface area (Å²) in [6.45, 7) is 6.78. The van der Waals surface area contributed by atoms with E-state index < -0.39 is 0 Å². The molecule has 0 atom stereocenters. The van der Waals surface area contributed by atoms with Crippen LogP contribution in [-0.2, 0) is 6.54 Å². The molecule has 4 heteroatoms. The van der Waals surface area contributed by atoms with Crippen LogP contribution in [0.25, 0.3) is 0 Å². The van der Waals surface area contributed by atoms with Gasteiger partial charge in [-0.2, -0.15) is 0 Å². The zero-order chi connectivity index (χ0) is 15.2. The van der Waals surface area contributed by atoms with E-state index in [9.17, 15) is 10.2 Å². The SMILES string of the molecule is CCN(CC)c1ccc(NCc2ccc(O)cc2O)cc1. The van der Waals surface area contributed by atoms with Crippen LogP contribution in [0.2, 0.25) is 0 Å². The number of phenols is 2. The Hall–Kier alpha value is -2.36. The minimum absolute atomic E-state index is 0.0693. The maximum absolute atomic E-state index is 9.74. The van der Waals surface area contributed by atoms with Crippen molar-refractivity contribution in [1.29, 1.82) is 0 Å². The highest BCUT2D eigenvalue weighted by molar-refractivity contribution is 5.55. The molecule has 2 aromatic carbocycles. The zero-order valence-corrected chi connectivity index (χ0v) is 12.5. The molecule has 0 aromatic heterocycles. The Balaban J connectivity index is 2.00. The summed E-state index contributed by atoms with van der Waals surface area (Å²) in [5, 5.41) is 22.3. The Bertz CT molecular complexity index is 578. The van der Waals surface area contributed by atoms with Crippen molar-refractivity contribution in [2.75, 3.05) is 23.3 Å². The second-order valence-corrected chi connectivity index (χ2v) is 4.89. The summed E-state index contributed by atoms with van der Waals surface area (Å²) in [4.78, 5) is 2.29. The van der Waals surface area contributed by atoms with Gasteiger partial charge in [0.05, 0.1) is 0 Å². The van der Waals surface area contributed by atoms with Gasteiger partial charge in [0.25, 0.3) is 0 Å². The van der Waals surface area contributed by atoms with Gasteiger partial charge in [-0.3, -0.25) is 0 Å². The van der Waals surface area contributed by atoms with E-state index >= 15 is 0 Å². The van der Waals surface area contributed by atoms with E-state index in [1.165, 1.54) is 11.8 Å². The number of benzene rings is 2. The average Bonchev–Trinajstić information content (AvgIpc) is 2.49. The number of nitrogens with one attached hydrogen (secondary N) is 1. The Labute approximate surface area is 125 Å². The Morgan fingerprint density at radius 1 is 0.952 bits per heavy atom. The molecule has 0 aliphatic rings. The van der Waals surface area contributed by atoms with E-state index in [-0.39, 0.29) is 11.5 Å². The molecule has 0 saturated heterocycles. The molecule has 0 saturated carbocycles. The lowest BCUT2D eigenvalue weighted by Crippen LogP contribution is -2.21. The third-order valence-electron chi connectivity index (χ3n) is 3.55. The number of aromatic hydroxyl groups is 2. The van der Waals surface area contributed by atoms with Crippen LogP contribution in [0.5, 0.6) is 11.5 Å². The van der Waals surface area contributed by atoms with E-state index in [0.717, 1.165) is 24.3 Å². The molecular weight excluding hydrogens is 264 g/mol. The maximum atomic E-state index is 9.74. The molecule has 0 amide bonds. The first-order chi connectivity index (χ1) is 10.1. The van der Waals surface area contributed by atoms with E-state index in [2.05, 4.69) is 36.2 Å². The molecule has 2 rings (SSSR count). The van der Waals surface area contributed by atoms with Crippen LogP contribution in [-0.4, -0.2) is 23.3 Å². The van der Waals surface area contributed by atoms with Gasteiger partial charge >= 0.3 is 0 Å². The van der Waals surface area contributed by atoms with Crippen LogP contribution in [0.15, 0.2) is 42.5 Å². The molecule has 112 valence electrons. The summed E-state index contributed by atoms with van der Waals surface area (Å²) in [7, 11) is 0. The van der Waals surface area contributed by atoms with Crippen molar-refractivity contribution in [2.45, 2.75) is 20.4 Å². The van der Waals surface area contributed by atoms with E-state index in [1.807, 2.05) is 12.1 Å². The van der Waals surface area contributed by atoms with E-state index in [1.54, 1.807) is 12.1 Å². The summed E-state index contributed by atoms with van der Waals surface area (Å²) in [5.41, 5.74) is 2.96. The Morgan fingerprint density at radius 2 is 1.62 bits per heavy atom. The monoisotopic (exact) mass is 286 g/mol. The number of anilines is 2. The minimum Gasteiger partial charge on any atom is -0.508 e. The van der Waals surface area contributed by atoms with Gasteiger partial charge in [-0.1, -0.05) is 0 Å². The Morgan fingerprint density at radius 3 is 2.19 bits per heavy atom. The van der Waals surface area contributed by atoms with Gasteiger partial charge in [0.15, 0.2) is 0 Å². The number of phenolic OH excluding ortho intramolecular Hbond substituents is 2. The topological polar surface area (TPSA) is 55.7 Å². The van der Waals surface area contributed by atoms with Crippen LogP contribution >= 0.6 is 0 Å². The van der Waals surface area contributed by atoms with Crippen molar-refractivity contribution in [2.24, 2.45) is 0 Å². The number of rotatable bonds is 6. The van der Waals surface area contributed by atoms with Crippen LogP contribution in [0.4, 0.5) is 11.4 Å². The minimum atomic E-state index is 0.0693. The van der Waals surface area contributed by atoms with Crippen LogP contribution in [0.3, 0.4) is 0 Å². The first-order valence-corrected chi connectivity index (χ1v) is 7.23. The summed E-state index contributed by atoms with van der Waals surface area (Å²) >= 11 is 0. The summed E-state index contributed by atoms with van der Waals surface area (Å²) in [5.74, 6) is 0.169. The van der Waals surface area contributed by atoms with E-state index in [4.69, 9.17) is 0 Å². The van der Waals surface area contributed by atoms with Gasteiger partial charge in [-0.15, -0.1) is 0 Å². The molecule has 0 bridgehead atoms. The van der Waals surface area contributed by atoms with Crippen LogP contribution in [0, 0.1) is 0 Å². The van der Waals surface area contributed by atoms with Crippen molar-refractivity contribution < 1.29 is 10.2 Å². The first kappa shape index (κ1) is 15.0. The highest BCUT2D eigenvalue weighted by Crippen LogP contribution is 2.24. The largest absolute Gasteiger partial charge is 0.508 e. The molecule has 0 aliphatic carbocycles. The lowest BCUT2D eigenvalue weighted by atomic mass is 10.2. The second kappa shape index (κ2) is 6.88. The number of nitrogens with zero attached hydrogens (tertiary/aromatic N) is 1. The number of hydrogen-bond acceptors (Lipinski definition) is 4. The molecule has 3 N–H and O–H groups in total. The molecule has 0 fully saturated rings. The van der Waals surface area contributed by atoms with Gasteiger partial charge in [0, 0.05) is 42.6 Å². The normalized spacial score (nSPS) is 10.4. The van der Waals surface area contributed by atoms with Crippen molar-refractivity contribution in [3.63, 3.8) is 0 Å². The van der Waals surface area contributed by atoms with Crippen molar-refractivity contribution in [3.8, 4) is 11.5 Å². The zero-order valence-electron chi connectivity index (χ0n) is 12.5. The van der Waals surface area contributed by atoms with Gasteiger partial charge in [-0.25, -0.2) is 0 Å². The van der Waals surface area contributed by atoms with Crippen molar-refractivity contribution in [3.05, 3.63) is 48.0 Å². The smallest absolute Gasteiger partial charge is 0.124 e. The quantitative estimate of drug-likeness (QED) is 0.760. The van der Waals surface area contributed by atoms with Crippen molar-refractivity contribution >= 4 is 11.4 Å². The maximum Gasteiger partial charge on any atom is 0.124 e. The van der Waals surface area contributed by atoms with Gasteiger partial charge in [0.2, 0.25) is 0 Å². The fourth-order valence-electron chi connectivity index (χ4n) is 2.28. The fourth-order valence-corrected chi connectivity index (χ4v) is 2.28. The molecule has 4 nitrogen and oxygen atoms in total. The highest BCUT2D eigenvalue weighted by atomic mass is 16.3. The third-order valence-corrected chi connectivity index (χ3v) is 3.55. The van der Waals surface area contributed by atoms with Gasteiger partial charge in [-0.05, 0) is 50.2 Å². The van der Waals surface area contributed by atoms with Crippen molar-refractivity contribution in [1.82, 2.24) is 0 Å². The van der Waals surface area contributed by atoms with Gasteiger partial charge in [0.1, 0.15) is 11.5 Å². The third kappa shape index (κ3) is 3.81. The lowest BCUT2D eigenvalue weighted by Gasteiger charge is -2.21. The molecule has 0 unspecified atom stereocenters. The molecule has 21 heavy (non-hydrogen) atoms. The van der Waals surface area contributed by atoms with Gasteiger partial charge < -0.3 is 20.4 Å². The number of hydrogen-bond donors (Lipinski definition) is 3. The molecule has 0 heterocycles. The van der Waals surface area contributed by atoms with Crippen LogP contribution in [0.1, 0.15) is 19.4 Å². The molecule has 2 aromatic rings. The predicted molar refractivity (Wildman–Crippen MR) is 87.1 cm³/mol. The average molecular weight is 286 g/mol. The van der Waals surface area contributed by atoms with E-state index in [0.29, 0.717) is 6.54 Å². The molecular formula is C17H22N2O2. The standard InChI is InChI=1S/C17H22N2O2/c1-3-19(4-2)15-8-6-14(7-9-15)18-12-13-5-10-16(20)11-17(13)21/h5-11,18,20-21H,3-4,12H2,1-2H3. The fraction of sp³-hybridized carbons (Fsp3) is 0.294. The summed E-state index contributed by atoms with van der Waals surface area (Å²) in [6, 6.07) is 12.9. The molecule has 0 radical (unpaired) electrons. The second-order valence-electron chi connectivity index (χ2n) is 4.89. The summed E-state index contributed by atoms with van der Waals surface area (Å²) < 4.78 is 0. The Kier molecular flexibility index (Phi) is 4.93.